The van der Waals surface area contributed by atoms with Crippen LogP contribution in [0.1, 0.15) is 46.8 Å². The van der Waals surface area contributed by atoms with Crippen LogP contribution in [-0.2, 0) is 9.53 Å². The number of esters is 1. The highest BCUT2D eigenvalue weighted by Crippen LogP contribution is 2.37. The Balaban J connectivity index is 2.38. The van der Waals surface area contributed by atoms with E-state index < -0.39 is 24.0 Å². The number of carbonyl (C=O) groups excluding carboxylic acids is 1. The summed E-state index contributed by atoms with van der Waals surface area (Å²) in [6, 6.07) is 2.11. The molecule has 1 fully saturated rings. The molecule has 0 bridgehead atoms. The fourth-order valence-electron chi connectivity index (χ4n) is 2.34. The fraction of sp³-hybridized carbons (Fsp3) is 0.533. The van der Waals surface area contributed by atoms with Gasteiger partial charge in [-0.05, 0) is 37.0 Å². The van der Waals surface area contributed by atoms with Crippen LogP contribution >= 0.6 is 0 Å². The van der Waals surface area contributed by atoms with Gasteiger partial charge in [0.15, 0.2) is 11.5 Å². The Morgan fingerprint density at radius 1 is 1.45 bits per heavy atom. The van der Waals surface area contributed by atoms with E-state index in [1.54, 1.807) is 6.92 Å². The number of phenolic OH excluding ortho intramolecular Hbond substituents is 2. The molecule has 2 rings (SSSR count). The van der Waals surface area contributed by atoms with Crippen LogP contribution in [0.3, 0.4) is 0 Å². The molecule has 0 amide bonds. The number of hydrogen-bond donors (Lipinski definition) is 3. The summed E-state index contributed by atoms with van der Waals surface area (Å²) in [6.45, 7) is 1.65. The Hall–Kier alpha value is -1.75. The number of carbonyl (C=O) groups is 1. The van der Waals surface area contributed by atoms with Crippen molar-refractivity contribution in [1.29, 1.82) is 0 Å². The van der Waals surface area contributed by atoms with E-state index in [0.29, 0.717) is 24.8 Å². The molecule has 20 heavy (non-hydrogen) atoms. The van der Waals surface area contributed by atoms with Crippen molar-refractivity contribution in [3.63, 3.8) is 0 Å². The van der Waals surface area contributed by atoms with Gasteiger partial charge in [-0.25, -0.2) is 0 Å². The van der Waals surface area contributed by atoms with E-state index in [9.17, 15) is 15.0 Å². The molecule has 1 saturated carbocycles. The van der Waals surface area contributed by atoms with Crippen LogP contribution < -0.4 is 5.73 Å². The second kappa shape index (κ2) is 6.13. The average molecular weight is 281 g/mol. The zero-order chi connectivity index (χ0) is 16.5. The molecule has 1 aromatic rings. The Kier molecular flexibility index (Phi) is 3.69. The second-order valence-electron chi connectivity index (χ2n) is 4.86. The molecule has 1 aliphatic rings. The summed E-state index contributed by atoms with van der Waals surface area (Å²) in [5, 5.41) is 19.0. The van der Waals surface area contributed by atoms with Gasteiger partial charge in [0.1, 0.15) is 6.10 Å². The molecule has 0 aliphatic heterocycles. The number of aromatic hydroxyl groups is 2. The highest BCUT2D eigenvalue weighted by atomic mass is 16.5. The predicted molar refractivity (Wildman–Crippen MR) is 74.5 cm³/mol. The van der Waals surface area contributed by atoms with Gasteiger partial charge in [0, 0.05) is 19.7 Å². The number of benzene rings is 1. The Morgan fingerprint density at radius 2 is 2.20 bits per heavy atom. The molecule has 0 heterocycles. The lowest BCUT2D eigenvalue weighted by molar-refractivity contribution is -0.151. The van der Waals surface area contributed by atoms with Crippen molar-refractivity contribution in [1.82, 2.24) is 0 Å². The van der Waals surface area contributed by atoms with Gasteiger partial charge >= 0.3 is 5.97 Å². The quantitative estimate of drug-likeness (QED) is 0.582. The van der Waals surface area contributed by atoms with E-state index in [-0.39, 0.29) is 17.9 Å². The van der Waals surface area contributed by atoms with Crippen LogP contribution in [0.15, 0.2) is 18.2 Å². The maximum atomic E-state index is 11.5. The van der Waals surface area contributed by atoms with Crippen LogP contribution in [0.4, 0.5) is 0 Å². The van der Waals surface area contributed by atoms with Gasteiger partial charge in [0.05, 0.1) is 1.37 Å². The van der Waals surface area contributed by atoms with Crippen molar-refractivity contribution >= 4 is 5.97 Å². The van der Waals surface area contributed by atoms with Crippen molar-refractivity contribution in [3.8, 4) is 11.5 Å². The van der Waals surface area contributed by atoms with Gasteiger partial charge in [0.25, 0.3) is 0 Å². The molecule has 1 aliphatic carbocycles. The van der Waals surface area contributed by atoms with Crippen molar-refractivity contribution < 1.29 is 22.5 Å². The summed E-state index contributed by atoms with van der Waals surface area (Å²) in [5.74, 6) is -2.67. The van der Waals surface area contributed by atoms with E-state index in [2.05, 4.69) is 0 Å². The lowest BCUT2D eigenvalue weighted by atomic mass is 9.78. The normalized spacial score (nSPS) is 35.0. The first-order valence-corrected chi connectivity index (χ1v) is 6.73. The largest absolute Gasteiger partial charge is 0.504 e. The summed E-state index contributed by atoms with van der Waals surface area (Å²) in [7, 11) is 0. The minimum Gasteiger partial charge on any atom is -0.504 e. The molecule has 5 nitrogen and oxygen atoms in total. The zero-order valence-corrected chi connectivity index (χ0v) is 11.4. The van der Waals surface area contributed by atoms with Crippen LogP contribution in [0.25, 0.3) is 0 Å². The van der Waals surface area contributed by atoms with Crippen molar-refractivity contribution in [3.05, 3.63) is 23.8 Å². The maximum Gasteiger partial charge on any atom is 0.305 e. The standard InChI is InChI=1S/C15H21NO4/c1-2-14(19)20-13-5-3-4-10(15(13)16)9-6-7-11(17)12(18)8-9/h6-8,10,13,15,17-18H,2-5,16H2,1H3/i10D,15D. The smallest absolute Gasteiger partial charge is 0.305 e. The topological polar surface area (TPSA) is 92.8 Å². The minimum atomic E-state index is -1.85. The zero-order valence-electron chi connectivity index (χ0n) is 13.4. The van der Waals surface area contributed by atoms with Gasteiger partial charge in [-0.1, -0.05) is 13.0 Å². The van der Waals surface area contributed by atoms with Gasteiger partial charge < -0.3 is 20.7 Å². The van der Waals surface area contributed by atoms with E-state index in [0.717, 1.165) is 0 Å². The fourth-order valence-corrected chi connectivity index (χ4v) is 2.34. The van der Waals surface area contributed by atoms with Crippen LogP contribution in [-0.4, -0.2) is 28.3 Å². The number of ether oxygens (including phenoxy) is 1. The first-order valence-electron chi connectivity index (χ1n) is 7.73. The lowest BCUT2D eigenvalue weighted by Crippen LogP contribution is -2.45. The molecule has 0 aromatic heterocycles. The summed E-state index contributed by atoms with van der Waals surface area (Å²) < 4.78 is 22.3. The molecule has 4 N–H and O–H groups in total. The summed E-state index contributed by atoms with van der Waals surface area (Å²) in [4.78, 5) is 11.5. The molecular weight excluding hydrogens is 258 g/mol. The van der Waals surface area contributed by atoms with Crippen LogP contribution in [0.5, 0.6) is 11.5 Å². The van der Waals surface area contributed by atoms with Crippen molar-refractivity contribution in [2.45, 2.75) is 50.6 Å². The minimum absolute atomic E-state index is 0.178. The molecule has 0 radical (unpaired) electrons. The third-order valence-electron chi connectivity index (χ3n) is 3.47. The number of hydrogen-bond acceptors (Lipinski definition) is 5. The van der Waals surface area contributed by atoms with Crippen molar-refractivity contribution in [2.24, 2.45) is 5.73 Å². The summed E-state index contributed by atoms with van der Waals surface area (Å²) in [5.41, 5.74) is 6.40. The number of phenols is 2. The van der Waals surface area contributed by atoms with Gasteiger partial charge in [-0.3, -0.25) is 4.79 Å². The predicted octanol–water partition coefficient (Wildman–Crippen LogP) is 2.01. The van der Waals surface area contributed by atoms with Crippen LogP contribution in [0, 0.1) is 0 Å². The maximum absolute atomic E-state index is 11.5. The summed E-state index contributed by atoms with van der Waals surface area (Å²) in [6.07, 6.45) is 0.595. The molecule has 0 spiro atoms. The third-order valence-corrected chi connectivity index (χ3v) is 3.47. The van der Waals surface area contributed by atoms with E-state index in [1.165, 1.54) is 18.2 Å². The first kappa shape index (κ1) is 12.0. The lowest BCUT2D eigenvalue weighted by Gasteiger charge is -2.35. The summed E-state index contributed by atoms with van der Waals surface area (Å²) >= 11 is 0. The van der Waals surface area contributed by atoms with E-state index in [4.69, 9.17) is 13.2 Å². The van der Waals surface area contributed by atoms with Gasteiger partial charge in [-0.15, -0.1) is 0 Å². The first-order chi connectivity index (χ1) is 10.2. The molecule has 3 unspecified atom stereocenters. The molecule has 3 atom stereocenters. The molecule has 110 valence electrons. The second-order valence-corrected chi connectivity index (χ2v) is 4.86. The Bertz CT molecular complexity index is 579. The molecule has 5 heteroatoms. The van der Waals surface area contributed by atoms with E-state index >= 15 is 0 Å². The monoisotopic (exact) mass is 281 g/mol. The van der Waals surface area contributed by atoms with Gasteiger partial charge in [0.2, 0.25) is 0 Å². The van der Waals surface area contributed by atoms with Crippen LogP contribution in [0.2, 0.25) is 0 Å². The highest BCUT2D eigenvalue weighted by Gasteiger charge is 2.34. The SMILES string of the molecule is [2H]C1(c2ccc(O)c(O)c2)CCCC(OC(=O)CC)C1([2H])N. The van der Waals surface area contributed by atoms with Gasteiger partial charge in [-0.2, -0.15) is 0 Å². The highest BCUT2D eigenvalue weighted by molar-refractivity contribution is 5.69. The molecule has 0 saturated heterocycles. The third kappa shape index (κ3) is 3.04. The Morgan fingerprint density at radius 3 is 2.85 bits per heavy atom. The van der Waals surface area contributed by atoms with E-state index in [1.807, 2.05) is 0 Å². The molecule has 1 aromatic carbocycles. The number of nitrogens with two attached hydrogens (primary N) is 1. The number of rotatable bonds is 3. The molecular formula is C15H21NO4. The average Bonchev–Trinajstić information content (AvgIpc) is 2.47. The van der Waals surface area contributed by atoms with Crippen molar-refractivity contribution in [2.75, 3.05) is 0 Å². The Labute approximate surface area is 121 Å².